The maximum Gasteiger partial charge on any atom is 0.262 e. The number of aromatic nitrogens is 2. The van der Waals surface area contributed by atoms with Crippen LogP contribution in [-0.2, 0) is 4.79 Å². The molecule has 122 valence electrons. The minimum atomic E-state index is -0.526. The number of anilines is 1. The van der Waals surface area contributed by atoms with Crippen LogP contribution in [0, 0.1) is 5.82 Å². The zero-order valence-corrected chi connectivity index (χ0v) is 13.8. The Morgan fingerprint density at radius 2 is 2.04 bits per heavy atom. The first kappa shape index (κ1) is 16.1. The molecule has 3 aromatic rings. The van der Waals surface area contributed by atoms with Gasteiger partial charge in [-0.1, -0.05) is 15.9 Å². The van der Waals surface area contributed by atoms with Crippen LogP contribution in [0.25, 0.3) is 11.5 Å². The smallest absolute Gasteiger partial charge is 0.262 e. The van der Waals surface area contributed by atoms with Gasteiger partial charge >= 0.3 is 0 Å². The van der Waals surface area contributed by atoms with E-state index >= 15 is 0 Å². The molecule has 0 fully saturated rings. The highest BCUT2D eigenvalue weighted by Gasteiger charge is 2.09. The number of carbonyl (C=O) groups is 1. The highest BCUT2D eigenvalue weighted by molar-refractivity contribution is 9.10. The number of nitrogens with zero attached hydrogens (tertiary/aromatic N) is 2. The fraction of sp³-hybridized carbons (Fsp3) is 0.0625. The number of carbonyl (C=O) groups excluding carboxylic acids is 1. The number of amides is 1. The molecule has 1 N–H and O–H groups in total. The van der Waals surface area contributed by atoms with Crippen molar-refractivity contribution in [3.05, 3.63) is 59.1 Å². The Balaban J connectivity index is 1.56. The van der Waals surface area contributed by atoms with E-state index in [9.17, 15) is 9.18 Å². The molecular formula is C16H11BrFN3O3. The number of hydrogen-bond acceptors (Lipinski definition) is 5. The first-order chi connectivity index (χ1) is 11.6. The molecule has 0 aliphatic rings. The second-order valence-electron chi connectivity index (χ2n) is 4.73. The van der Waals surface area contributed by atoms with Crippen molar-refractivity contribution in [2.75, 3.05) is 11.9 Å². The Bertz CT molecular complexity index is 838. The highest BCUT2D eigenvalue weighted by atomic mass is 79.9. The van der Waals surface area contributed by atoms with Crippen molar-refractivity contribution in [1.29, 1.82) is 0 Å². The molecular weight excluding hydrogens is 381 g/mol. The van der Waals surface area contributed by atoms with Gasteiger partial charge in [-0.2, -0.15) is 0 Å². The van der Waals surface area contributed by atoms with Gasteiger partial charge in [0.05, 0.1) is 5.69 Å². The van der Waals surface area contributed by atoms with Gasteiger partial charge in [0.1, 0.15) is 11.6 Å². The Kier molecular flexibility index (Phi) is 4.85. The minimum absolute atomic E-state index is 0.0959. The van der Waals surface area contributed by atoms with E-state index < -0.39 is 11.7 Å². The molecule has 1 amide bonds. The molecule has 1 heterocycles. The van der Waals surface area contributed by atoms with Crippen LogP contribution in [-0.4, -0.2) is 22.7 Å². The molecule has 24 heavy (non-hydrogen) atoms. The second kappa shape index (κ2) is 7.22. The quantitative estimate of drug-likeness (QED) is 0.717. The topological polar surface area (TPSA) is 77.2 Å². The van der Waals surface area contributed by atoms with E-state index in [0.717, 1.165) is 5.56 Å². The SMILES string of the molecule is O=C(COc1ccc(-c2nnco2)cc1)Nc1ccc(Br)cc1F. The number of halogens is 2. The summed E-state index contributed by atoms with van der Waals surface area (Å²) in [6.45, 7) is -0.241. The summed E-state index contributed by atoms with van der Waals surface area (Å²) in [5, 5.41) is 9.84. The number of hydrogen-bond donors (Lipinski definition) is 1. The van der Waals surface area contributed by atoms with E-state index in [-0.39, 0.29) is 12.3 Å². The summed E-state index contributed by atoms with van der Waals surface area (Å²) in [5.74, 6) is -0.103. The summed E-state index contributed by atoms with van der Waals surface area (Å²) in [7, 11) is 0. The van der Waals surface area contributed by atoms with Crippen LogP contribution in [0.15, 0.2) is 57.7 Å². The van der Waals surface area contributed by atoms with Crippen LogP contribution in [0.5, 0.6) is 5.75 Å². The zero-order chi connectivity index (χ0) is 16.9. The van der Waals surface area contributed by atoms with E-state index in [1.54, 1.807) is 30.3 Å². The Labute approximate surface area is 144 Å². The summed E-state index contributed by atoms with van der Waals surface area (Å²) in [5.41, 5.74) is 0.833. The molecule has 1 aromatic heterocycles. The van der Waals surface area contributed by atoms with Crippen molar-refractivity contribution in [2.24, 2.45) is 0 Å². The zero-order valence-electron chi connectivity index (χ0n) is 12.2. The predicted octanol–water partition coefficient (Wildman–Crippen LogP) is 3.66. The average molecular weight is 392 g/mol. The number of nitrogens with one attached hydrogen (secondary N) is 1. The van der Waals surface area contributed by atoms with Crippen molar-refractivity contribution in [1.82, 2.24) is 10.2 Å². The standard InChI is InChI=1S/C16H11BrFN3O3/c17-11-3-6-14(13(18)7-11)20-15(22)8-23-12-4-1-10(2-5-12)16-21-19-9-24-16/h1-7,9H,8H2,(H,20,22). The van der Waals surface area contributed by atoms with Gasteiger partial charge in [0.15, 0.2) is 6.61 Å². The molecule has 0 bridgehead atoms. The molecule has 2 aromatic carbocycles. The monoisotopic (exact) mass is 391 g/mol. The number of ether oxygens (including phenoxy) is 1. The van der Waals surface area contributed by atoms with Gasteiger partial charge in [-0.3, -0.25) is 4.79 Å². The third-order valence-corrected chi connectivity index (χ3v) is 3.53. The maximum absolute atomic E-state index is 13.6. The lowest BCUT2D eigenvalue weighted by atomic mass is 10.2. The van der Waals surface area contributed by atoms with Gasteiger partial charge in [-0.25, -0.2) is 4.39 Å². The molecule has 0 spiro atoms. The summed E-state index contributed by atoms with van der Waals surface area (Å²) in [6, 6.07) is 11.2. The van der Waals surface area contributed by atoms with Gasteiger partial charge < -0.3 is 14.5 Å². The Morgan fingerprint density at radius 1 is 1.25 bits per heavy atom. The lowest BCUT2D eigenvalue weighted by molar-refractivity contribution is -0.118. The number of benzene rings is 2. The average Bonchev–Trinajstić information content (AvgIpc) is 3.11. The van der Waals surface area contributed by atoms with E-state index in [2.05, 4.69) is 31.4 Å². The third kappa shape index (κ3) is 3.96. The van der Waals surface area contributed by atoms with Crippen LogP contribution in [0.2, 0.25) is 0 Å². The minimum Gasteiger partial charge on any atom is -0.484 e. The molecule has 8 heteroatoms. The van der Waals surface area contributed by atoms with Gasteiger partial charge in [0.25, 0.3) is 5.91 Å². The largest absolute Gasteiger partial charge is 0.484 e. The van der Waals surface area contributed by atoms with Crippen molar-refractivity contribution < 1.29 is 18.3 Å². The van der Waals surface area contributed by atoms with Gasteiger partial charge in [-0.15, -0.1) is 10.2 Å². The molecule has 0 atom stereocenters. The summed E-state index contributed by atoms with van der Waals surface area (Å²) in [4.78, 5) is 11.8. The molecule has 0 aliphatic heterocycles. The maximum atomic E-state index is 13.6. The first-order valence-electron chi connectivity index (χ1n) is 6.86. The summed E-state index contributed by atoms with van der Waals surface area (Å²) >= 11 is 3.15. The van der Waals surface area contributed by atoms with E-state index in [4.69, 9.17) is 9.15 Å². The Morgan fingerprint density at radius 3 is 2.71 bits per heavy atom. The van der Waals surface area contributed by atoms with E-state index in [1.165, 1.54) is 18.5 Å². The fourth-order valence-corrected chi connectivity index (χ4v) is 2.25. The van der Waals surface area contributed by atoms with Crippen molar-refractivity contribution in [3.8, 4) is 17.2 Å². The van der Waals surface area contributed by atoms with Crippen molar-refractivity contribution >= 4 is 27.5 Å². The van der Waals surface area contributed by atoms with Gasteiger partial charge in [0.2, 0.25) is 12.3 Å². The third-order valence-electron chi connectivity index (χ3n) is 3.04. The molecule has 3 rings (SSSR count). The molecule has 0 aliphatic carbocycles. The van der Waals surface area contributed by atoms with Crippen molar-refractivity contribution in [3.63, 3.8) is 0 Å². The van der Waals surface area contributed by atoms with Crippen LogP contribution >= 0.6 is 15.9 Å². The Hall–Kier alpha value is -2.74. The van der Waals surface area contributed by atoms with Crippen LogP contribution in [0.4, 0.5) is 10.1 Å². The van der Waals surface area contributed by atoms with Crippen LogP contribution in [0.3, 0.4) is 0 Å². The number of rotatable bonds is 5. The molecule has 0 radical (unpaired) electrons. The molecule has 0 unspecified atom stereocenters. The van der Waals surface area contributed by atoms with Gasteiger partial charge in [-0.05, 0) is 42.5 Å². The molecule has 6 nitrogen and oxygen atoms in total. The second-order valence-corrected chi connectivity index (χ2v) is 5.64. The van der Waals surface area contributed by atoms with Crippen molar-refractivity contribution in [2.45, 2.75) is 0 Å². The molecule has 0 saturated heterocycles. The van der Waals surface area contributed by atoms with Crippen LogP contribution < -0.4 is 10.1 Å². The van der Waals surface area contributed by atoms with E-state index in [0.29, 0.717) is 16.1 Å². The predicted molar refractivity (Wildman–Crippen MR) is 88.0 cm³/mol. The lowest BCUT2D eigenvalue weighted by Crippen LogP contribution is -2.20. The highest BCUT2D eigenvalue weighted by Crippen LogP contribution is 2.21. The van der Waals surface area contributed by atoms with E-state index in [1.807, 2.05) is 0 Å². The summed E-state index contributed by atoms with van der Waals surface area (Å²) in [6.07, 6.45) is 1.24. The van der Waals surface area contributed by atoms with Crippen LogP contribution in [0.1, 0.15) is 0 Å². The fourth-order valence-electron chi connectivity index (χ4n) is 1.92. The van der Waals surface area contributed by atoms with Gasteiger partial charge in [0, 0.05) is 10.0 Å². The summed E-state index contributed by atoms with van der Waals surface area (Å²) < 4.78 is 24.7. The lowest BCUT2D eigenvalue weighted by Gasteiger charge is -2.08. The molecule has 0 saturated carbocycles. The first-order valence-corrected chi connectivity index (χ1v) is 7.65. The normalized spacial score (nSPS) is 10.4.